The molecule has 0 spiro atoms. The van der Waals surface area contributed by atoms with Crippen molar-refractivity contribution in [3.05, 3.63) is 118 Å². The van der Waals surface area contributed by atoms with Crippen LogP contribution in [0.4, 0.5) is 0 Å². The molecule has 10 nitrogen and oxygen atoms in total. The van der Waals surface area contributed by atoms with Crippen LogP contribution < -0.4 is 20.3 Å². The first-order valence-corrected chi connectivity index (χ1v) is 19.6. The number of unbranched alkanes of at least 4 members (excludes halogenated alkanes) is 4. The van der Waals surface area contributed by atoms with E-state index >= 15 is 0 Å². The molecule has 0 amide bonds. The number of rotatable bonds is 14. The zero-order valence-corrected chi connectivity index (χ0v) is 32.4. The lowest BCUT2D eigenvalue weighted by molar-refractivity contribution is -0.135. The first-order valence-electron chi connectivity index (χ1n) is 17.4. The Morgan fingerprint density at radius 2 is 0.981 bits per heavy atom. The number of benzene rings is 4. The van der Waals surface area contributed by atoms with Crippen LogP contribution in [-0.4, -0.2) is 32.8 Å². The van der Waals surface area contributed by atoms with Gasteiger partial charge in [-0.2, -0.15) is 0 Å². The Morgan fingerprint density at radius 1 is 0.537 bits per heavy atom. The molecule has 4 aromatic carbocycles. The zero-order chi connectivity index (χ0) is 38.5. The number of phenolic OH excluding ortho intramolecular Hbond substituents is 2. The first kappa shape index (κ1) is 40.0. The van der Waals surface area contributed by atoms with E-state index in [0.717, 1.165) is 49.2 Å². The number of hydrogen-bond acceptors (Lipinski definition) is 10. The monoisotopic (exact) mass is 860 g/mol. The Morgan fingerprint density at radius 3 is 1.52 bits per heavy atom. The third-order valence-corrected chi connectivity index (χ3v) is 9.46. The van der Waals surface area contributed by atoms with E-state index in [-0.39, 0.29) is 34.3 Å². The van der Waals surface area contributed by atoms with Crippen LogP contribution in [0.1, 0.15) is 51.4 Å². The summed E-state index contributed by atoms with van der Waals surface area (Å²) in [6, 6.07) is 22.2. The SMILES string of the molecule is O=C(CCCCCBr)Oc1ccc(-c2coc3cc(OC(=O)CCCCCBr)ccc3c2=O)cc1.O=c1c(-c2ccc(O)cc2)coc2cc(O)ccc12. The molecule has 0 aliphatic carbocycles. The number of carbonyl (C=O) groups is 2. The number of carbonyl (C=O) groups excluding carboxylic acids is 2. The smallest absolute Gasteiger partial charge is 0.311 e. The van der Waals surface area contributed by atoms with Crippen LogP contribution in [0.15, 0.2) is 116 Å². The summed E-state index contributed by atoms with van der Waals surface area (Å²) in [6.45, 7) is 0. The minimum atomic E-state index is -0.308. The number of phenols is 2. The second kappa shape index (κ2) is 19.8. The molecule has 6 rings (SSSR count). The van der Waals surface area contributed by atoms with Crippen LogP contribution in [0.3, 0.4) is 0 Å². The van der Waals surface area contributed by atoms with Crippen LogP contribution in [0.2, 0.25) is 0 Å². The minimum absolute atomic E-state index is 0.0491. The van der Waals surface area contributed by atoms with E-state index in [1.165, 1.54) is 42.9 Å². The summed E-state index contributed by atoms with van der Waals surface area (Å²) in [6.07, 6.45) is 8.99. The third-order valence-electron chi connectivity index (χ3n) is 8.34. The van der Waals surface area contributed by atoms with Crippen molar-refractivity contribution in [1.82, 2.24) is 0 Å². The molecule has 2 N–H and O–H groups in total. The average molecular weight is 863 g/mol. The molecular formula is C42H38Br2O10. The molecule has 0 aliphatic rings. The molecule has 0 saturated carbocycles. The van der Waals surface area contributed by atoms with Gasteiger partial charge in [0.25, 0.3) is 0 Å². The third kappa shape index (κ3) is 10.9. The van der Waals surface area contributed by atoms with Gasteiger partial charge in [-0.1, -0.05) is 69.0 Å². The van der Waals surface area contributed by atoms with Gasteiger partial charge in [-0.05, 0) is 85.3 Å². The second-order valence-electron chi connectivity index (χ2n) is 12.3. The summed E-state index contributed by atoms with van der Waals surface area (Å²) in [5.74, 6) is 0.387. The van der Waals surface area contributed by atoms with Crippen molar-refractivity contribution < 1.29 is 38.1 Å². The molecule has 6 aromatic rings. The highest BCUT2D eigenvalue weighted by Crippen LogP contribution is 2.26. The number of aromatic hydroxyl groups is 2. The maximum absolute atomic E-state index is 13.0. The molecule has 0 unspecified atom stereocenters. The first-order chi connectivity index (χ1) is 26.2. The van der Waals surface area contributed by atoms with E-state index < -0.39 is 0 Å². The normalized spacial score (nSPS) is 10.9. The van der Waals surface area contributed by atoms with E-state index in [1.54, 1.807) is 54.6 Å². The number of alkyl halides is 2. The Bertz CT molecular complexity index is 2310. The molecule has 0 atom stereocenters. The molecule has 280 valence electrons. The summed E-state index contributed by atoms with van der Waals surface area (Å²) < 4.78 is 21.8. The summed E-state index contributed by atoms with van der Waals surface area (Å²) in [5.41, 5.74) is 2.43. The highest BCUT2D eigenvalue weighted by Gasteiger charge is 2.13. The van der Waals surface area contributed by atoms with E-state index in [4.69, 9.17) is 18.3 Å². The van der Waals surface area contributed by atoms with Gasteiger partial charge < -0.3 is 28.5 Å². The summed E-state index contributed by atoms with van der Waals surface area (Å²) >= 11 is 6.74. The van der Waals surface area contributed by atoms with Gasteiger partial charge in [0.2, 0.25) is 0 Å². The fourth-order valence-electron chi connectivity index (χ4n) is 5.48. The lowest BCUT2D eigenvalue weighted by atomic mass is 10.1. The van der Waals surface area contributed by atoms with Gasteiger partial charge in [-0.15, -0.1) is 0 Å². The summed E-state index contributed by atoms with van der Waals surface area (Å²) in [4.78, 5) is 49.4. The quantitative estimate of drug-likeness (QED) is 0.0468. The maximum atomic E-state index is 13.0. The van der Waals surface area contributed by atoms with Crippen molar-refractivity contribution in [2.45, 2.75) is 51.4 Å². The van der Waals surface area contributed by atoms with E-state index in [0.29, 0.717) is 68.5 Å². The number of esters is 2. The van der Waals surface area contributed by atoms with Crippen LogP contribution >= 0.6 is 31.9 Å². The molecule has 54 heavy (non-hydrogen) atoms. The van der Waals surface area contributed by atoms with E-state index in [2.05, 4.69) is 31.9 Å². The molecule has 0 fully saturated rings. The van der Waals surface area contributed by atoms with Crippen molar-refractivity contribution >= 4 is 65.7 Å². The summed E-state index contributed by atoms with van der Waals surface area (Å²) in [5, 5.41) is 21.2. The predicted molar refractivity (Wildman–Crippen MR) is 215 cm³/mol. The van der Waals surface area contributed by atoms with Gasteiger partial charge in [-0.25, -0.2) is 0 Å². The number of hydrogen-bond donors (Lipinski definition) is 2. The van der Waals surface area contributed by atoms with Crippen LogP contribution in [0, 0.1) is 0 Å². The molecule has 0 aliphatic heterocycles. The second-order valence-corrected chi connectivity index (χ2v) is 13.9. The summed E-state index contributed by atoms with van der Waals surface area (Å²) in [7, 11) is 0. The molecule has 0 bridgehead atoms. The lowest BCUT2D eigenvalue weighted by Crippen LogP contribution is -2.09. The Labute approximate surface area is 327 Å². The van der Waals surface area contributed by atoms with Gasteiger partial charge in [-0.3, -0.25) is 19.2 Å². The highest BCUT2D eigenvalue weighted by atomic mass is 79.9. The van der Waals surface area contributed by atoms with Crippen LogP contribution in [0.5, 0.6) is 23.0 Å². The molecule has 0 radical (unpaired) electrons. The van der Waals surface area contributed by atoms with Crippen molar-refractivity contribution in [2.75, 3.05) is 10.7 Å². The Hall–Kier alpha value is -5.20. The molecular weight excluding hydrogens is 824 g/mol. The Balaban J connectivity index is 0.000000246. The fraction of sp³-hybridized carbons (Fsp3) is 0.238. The molecule has 2 heterocycles. The van der Waals surface area contributed by atoms with Gasteiger partial charge in [0.1, 0.15) is 46.7 Å². The molecule has 2 aromatic heterocycles. The number of fused-ring (bicyclic) bond motifs is 2. The maximum Gasteiger partial charge on any atom is 0.311 e. The van der Waals surface area contributed by atoms with Gasteiger partial charge in [0.15, 0.2) is 10.9 Å². The van der Waals surface area contributed by atoms with Gasteiger partial charge in [0.05, 0.1) is 21.9 Å². The van der Waals surface area contributed by atoms with E-state index in [1.807, 2.05) is 0 Å². The Kier molecular flexibility index (Phi) is 14.6. The van der Waals surface area contributed by atoms with Crippen LogP contribution in [0.25, 0.3) is 44.2 Å². The van der Waals surface area contributed by atoms with Gasteiger partial charge in [0, 0.05) is 35.6 Å². The number of ether oxygens (including phenoxy) is 2. The topological polar surface area (TPSA) is 153 Å². The highest BCUT2D eigenvalue weighted by molar-refractivity contribution is 9.09. The minimum Gasteiger partial charge on any atom is -0.508 e. The number of halogens is 2. The molecule has 12 heteroatoms. The standard InChI is InChI=1S/C27H28Br2O6.C15H10O4/c28-15-5-1-3-7-25(30)34-20-11-9-19(10-12-20)23-18-33-24-17-21(13-14-22(24)27(23)32)35-26(31)8-4-2-6-16-29;16-10-3-1-9(2-4-10)13-8-19-14-7-11(17)5-6-12(14)15(13)18/h9-14,17-18H,1-8,15-16H2;1-8,16-17H. The average Bonchev–Trinajstić information content (AvgIpc) is 3.16. The van der Waals surface area contributed by atoms with Crippen molar-refractivity contribution in [3.8, 4) is 45.3 Å². The van der Waals surface area contributed by atoms with Crippen molar-refractivity contribution in [2.24, 2.45) is 0 Å². The zero-order valence-electron chi connectivity index (χ0n) is 29.2. The lowest BCUT2D eigenvalue weighted by Gasteiger charge is -2.07. The predicted octanol–water partition coefficient (Wildman–Crippen LogP) is 10.1. The van der Waals surface area contributed by atoms with Crippen molar-refractivity contribution in [1.29, 1.82) is 0 Å². The fourth-order valence-corrected chi connectivity index (χ4v) is 6.27. The van der Waals surface area contributed by atoms with Crippen molar-refractivity contribution in [3.63, 3.8) is 0 Å². The van der Waals surface area contributed by atoms with E-state index in [9.17, 15) is 29.4 Å². The van der Waals surface area contributed by atoms with Gasteiger partial charge >= 0.3 is 11.9 Å². The largest absolute Gasteiger partial charge is 0.508 e. The van der Waals surface area contributed by atoms with Crippen LogP contribution in [-0.2, 0) is 9.59 Å². The molecule has 0 saturated heterocycles.